The van der Waals surface area contributed by atoms with Gasteiger partial charge in [0.1, 0.15) is 5.52 Å². The van der Waals surface area contributed by atoms with Crippen LogP contribution in [-0.2, 0) is 0 Å². The molecule has 0 saturated heterocycles. The number of amides is 1. The number of hydrogen-bond acceptors (Lipinski definition) is 7. The van der Waals surface area contributed by atoms with Crippen LogP contribution in [0.4, 0.5) is 5.69 Å². The van der Waals surface area contributed by atoms with Crippen molar-refractivity contribution in [3.8, 4) is 28.7 Å². The number of fused-ring (bicyclic) bond motifs is 1. The number of rotatable bonds is 9. The molecule has 0 saturated carbocycles. The van der Waals surface area contributed by atoms with Crippen LogP contribution in [0.1, 0.15) is 31.1 Å². The topological polar surface area (TPSA) is 95.7 Å². The van der Waals surface area contributed by atoms with Crippen LogP contribution in [0.15, 0.2) is 57.7 Å². The zero-order valence-electron chi connectivity index (χ0n) is 19.1. The van der Waals surface area contributed by atoms with Crippen LogP contribution in [0.2, 0.25) is 0 Å². The van der Waals surface area contributed by atoms with E-state index in [1.165, 1.54) is 0 Å². The van der Waals surface area contributed by atoms with Gasteiger partial charge in [-0.2, -0.15) is 0 Å². The summed E-state index contributed by atoms with van der Waals surface area (Å²) in [6.45, 7) is 6.92. The van der Waals surface area contributed by atoms with Crippen molar-refractivity contribution in [2.24, 2.45) is 0 Å². The van der Waals surface area contributed by atoms with E-state index in [0.717, 1.165) is 10.0 Å². The average Bonchev–Trinajstić information content (AvgIpc) is 3.25. The highest BCUT2D eigenvalue weighted by Gasteiger charge is 2.19. The molecule has 2 heterocycles. The van der Waals surface area contributed by atoms with Gasteiger partial charge in [-0.15, -0.1) is 0 Å². The summed E-state index contributed by atoms with van der Waals surface area (Å²) in [5.41, 5.74) is 2.93. The summed E-state index contributed by atoms with van der Waals surface area (Å²) >= 11 is 3.40. The van der Waals surface area contributed by atoms with Crippen molar-refractivity contribution in [3.63, 3.8) is 0 Å². The van der Waals surface area contributed by atoms with E-state index >= 15 is 0 Å². The first-order valence-corrected chi connectivity index (χ1v) is 11.7. The van der Waals surface area contributed by atoms with Crippen molar-refractivity contribution in [2.45, 2.75) is 20.8 Å². The normalized spacial score (nSPS) is 10.8. The van der Waals surface area contributed by atoms with Crippen molar-refractivity contribution in [2.75, 3.05) is 25.1 Å². The third-order valence-corrected chi connectivity index (χ3v) is 5.20. The van der Waals surface area contributed by atoms with Gasteiger partial charge in [0, 0.05) is 28.1 Å². The number of nitrogens with zero attached hydrogens (tertiary/aromatic N) is 2. The highest BCUT2D eigenvalue weighted by Crippen LogP contribution is 2.39. The Kier molecular flexibility index (Phi) is 7.32. The van der Waals surface area contributed by atoms with Crippen molar-refractivity contribution in [1.29, 1.82) is 0 Å². The van der Waals surface area contributed by atoms with Crippen molar-refractivity contribution in [1.82, 2.24) is 9.97 Å². The second-order valence-electron chi connectivity index (χ2n) is 7.15. The molecule has 0 aliphatic heterocycles. The van der Waals surface area contributed by atoms with Crippen LogP contribution in [0.5, 0.6) is 17.2 Å². The van der Waals surface area contributed by atoms with Crippen molar-refractivity contribution < 1.29 is 23.4 Å². The summed E-state index contributed by atoms with van der Waals surface area (Å²) in [5.74, 6) is 1.53. The molecule has 0 aliphatic rings. The second-order valence-corrected chi connectivity index (χ2v) is 8.06. The molecule has 1 N–H and O–H groups in total. The Morgan fingerprint density at radius 2 is 1.68 bits per heavy atom. The number of hydrogen-bond donors (Lipinski definition) is 1. The summed E-state index contributed by atoms with van der Waals surface area (Å²) in [4.78, 5) is 21.8. The summed E-state index contributed by atoms with van der Waals surface area (Å²) in [5, 5.41) is 2.91. The number of oxazole rings is 1. The van der Waals surface area contributed by atoms with Crippen LogP contribution in [0.25, 0.3) is 22.6 Å². The monoisotopic (exact) mass is 525 g/mol. The fraction of sp³-hybridized carbons (Fsp3) is 0.240. The molecule has 1 amide bonds. The Labute approximate surface area is 205 Å². The second kappa shape index (κ2) is 10.6. The molecule has 0 aliphatic carbocycles. The van der Waals surface area contributed by atoms with E-state index in [9.17, 15) is 4.79 Å². The number of aromatic nitrogens is 2. The molecule has 4 rings (SSSR count). The fourth-order valence-corrected chi connectivity index (χ4v) is 3.75. The number of nitrogens with one attached hydrogen (secondary N) is 1. The maximum Gasteiger partial charge on any atom is 0.255 e. The first-order chi connectivity index (χ1) is 16.5. The van der Waals surface area contributed by atoms with Crippen molar-refractivity contribution in [3.05, 3.63) is 58.8 Å². The number of ether oxygens (including phenoxy) is 3. The van der Waals surface area contributed by atoms with Gasteiger partial charge < -0.3 is 23.9 Å². The Morgan fingerprint density at radius 3 is 2.32 bits per heavy atom. The fourth-order valence-electron chi connectivity index (χ4n) is 3.38. The van der Waals surface area contributed by atoms with Crippen LogP contribution in [0.3, 0.4) is 0 Å². The molecule has 0 atom stereocenters. The van der Waals surface area contributed by atoms with Gasteiger partial charge in [-0.05, 0) is 73.1 Å². The molecule has 0 bridgehead atoms. The highest BCUT2D eigenvalue weighted by atomic mass is 79.9. The van der Waals surface area contributed by atoms with Crippen LogP contribution in [-0.4, -0.2) is 35.7 Å². The van der Waals surface area contributed by atoms with Gasteiger partial charge in [-0.1, -0.05) is 0 Å². The lowest BCUT2D eigenvalue weighted by atomic mass is 10.1. The maximum absolute atomic E-state index is 13.1. The standard InChI is InChI=1S/C25H24BrN3O5/c1-4-31-21-10-15(11-22(32-5-2)23(21)33-6-3)24(30)28-18-7-8-20-19(12-18)29-25(34-20)16-9-17(26)14-27-13-16/h7-14H,4-6H2,1-3H3,(H,28,30). The minimum atomic E-state index is -0.316. The van der Waals surface area contributed by atoms with Gasteiger partial charge in [0.15, 0.2) is 17.1 Å². The Morgan fingerprint density at radius 1 is 0.971 bits per heavy atom. The van der Waals surface area contributed by atoms with Gasteiger partial charge >= 0.3 is 0 Å². The number of benzene rings is 2. The van der Waals surface area contributed by atoms with E-state index in [1.54, 1.807) is 42.7 Å². The molecule has 0 radical (unpaired) electrons. The predicted octanol–water partition coefficient (Wildman–Crippen LogP) is 6.10. The van der Waals surface area contributed by atoms with E-state index in [2.05, 4.69) is 31.2 Å². The van der Waals surface area contributed by atoms with Crippen LogP contribution >= 0.6 is 15.9 Å². The molecule has 8 nitrogen and oxygen atoms in total. The lowest BCUT2D eigenvalue weighted by Gasteiger charge is -2.17. The molecule has 0 spiro atoms. The molecule has 0 unspecified atom stereocenters. The third kappa shape index (κ3) is 5.14. The van der Waals surface area contributed by atoms with Gasteiger partial charge in [0.25, 0.3) is 5.91 Å². The largest absolute Gasteiger partial charge is 0.490 e. The smallest absolute Gasteiger partial charge is 0.255 e. The van der Waals surface area contributed by atoms with Crippen molar-refractivity contribution >= 4 is 38.6 Å². The molecule has 2 aromatic heterocycles. The van der Waals surface area contributed by atoms with Gasteiger partial charge in [0.05, 0.1) is 25.4 Å². The average molecular weight is 526 g/mol. The number of carbonyl (C=O) groups is 1. The first kappa shape index (κ1) is 23.6. The van der Waals surface area contributed by atoms with E-state index in [0.29, 0.717) is 65.3 Å². The third-order valence-electron chi connectivity index (χ3n) is 4.77. The van der Waals surface area contributed by atoms with Crippen LogP contribution in [0, 0.1) is 0 Å². The number of halogens is 1. The Hall–Kier alpha value is -3.59. The number of pyridine rings is 1. The Bertz CT molecular complexity index is 1290. The number of anilines is 1. The minimum absolute atomic E-state index is 0.316. The molecular weight excluding hydrogens is 502 g/mol. The van der Waals surface area contributed by atoms with E-state index in [-0.39, 0.29) is 5.91 Å². The lowest BCUT2D eigenvalue weighted by molar-refractivity contribution is 0.102. The first-order valence-electron chi connectivity index (χ1n) is 10.9. The number of carbonyl (C=O) groups excluding carboxylic acids is 1. The zero-order valence-corrected chi connectivity index (χ0v) is 20.6. The van der Waals surface area contributed by atoms with Crippen LogP contribution < -0.4 is 19.5 Å². The summed E-state index contributed by atoms with van der Waals surface area (Å²) in [7, 11) is 0. The summed E-state index contributed by atoms with van der Waals surface area (Å²) in [6.07, 6.45) is 3.37. The zero-order chi connectivity index (χ0) is 24.1. The maximum atomic E-state index is 13.1. The lowest BCUT2D eigenvalue weighted by Crippen LogP contribution is -2.13. The quantitative estimate of drug-likeness (QED) is 0.282. The minimum Gasteiger partial charge on any atom is -0.490 e. The molecule has 176 valence electrons. The molecule has 0 fully saturated rings. The molecular formula is C25H24BrN3O5. The predicted molar refractivity (Wildman–Crippen MR) is 133 cm³/mol. The molecule has 34 heavy (non-hydrogen) atoms. The van der Waals surface area contributed by atoms with Gasteiger partial charge in [0.2, 0.25) is 11.6 Å². The molecule has 2 aromatic carbocycles. The van der Waals surface area contributed by atoms with Gasteiger partial charge in [-0.3, -0.25) is 9.78 Å². The summed E-state index contributed by atoms with van der Waals surface area (Å²) < 4.78 is 23.8. The molecule has 9 heteroatoms. The summed E-state index contributed by atoms with van der Waals surface area (Å²) in [6, 6.07) is 10.5. The highest BCUT2D eigenvalue weighted by molar-refractivity contribution is 9.10. The SMILES string of the molecule is CCOc1cc(C(=O)Nc2ccc3oc(-c4cncc(Br)c4)nc3c2)cc(OCC)c1OCC. The van der Waals surface area contributed by atoms with Gasteiger partial charge in [-0.25, -0.2) is 4.98 Å². The van der Waals surface area contributed by atoms with E-state index in [1.807, 2.05) is 26.8 Å². The Balaban J connectivity index is 1.62. The van der Waals surface area contributed by atoms with E-state index in [4.69, 9.17) is 18.6 Å². The van der Waals surface area contributed by atoms with E-state index < -0.39 is 0 Å². The molecule has 4 aromatic rings.